The molecule has 6 heteroatoms. The number of thiazole rings is 1. The lowest BCUT2D eigenvalue weighted by Gasteiger charge is -2.12. The van der Waals surface area contributed by atoms with Crippen molar-refractivity contribution >= 4 is 23.0 Å². The van der Waals surface area contributed by atoms with E-state index < -0.39 is 0 Å². The number of aryl methyl sites for hydroxylation is 2. The Hall–Kier alpha value is -1.69. The molecule has 0 saturated heterocycles. The molecule has 0 fully saturated rings. The topological polar surface area (TPSA) is 62.7 Å². The lowest BCUT2D eigenvalue weighted by molar-refractivity contribution is 0.996. The molecule has 102 valence electrons. The highest BCUT2D eigenvalue weighted by Crippen LogP contribution is 2.21. The van der Waals surface area contributed by atoms with Gasteiger partial charge in [-0.15, -0.1) is 11.3 Å². The molecule has 2 rings (SSSR count). The zero-order valence-corrected chi connectivity index (χ0v) is 12.6. The largest absolute Gasteiger partial charge is 0.370 e. The smallest absolute Gasteiger partial charge is 0.135 e. The molecule has 2 aromatic heterocycles. The Morgan fingerprint density at radius 3 is 2.37 bits per heavy atom. The van der Waals surface area contributed by atoms with Gasteiger partial charge < -0.3 is 10.6 Å². The zero-order valence-electron chi connectivity index (χ0n) is 11.7. The maximum Gasteiger partial charge on any atom is 0.135 e. The first-order valence-electron chi connectivity index (χ1n) is 6.34. The highest BCUT2D eigenvalue weighted by atomic mass is 32.1. The Bertz CT molecular complexity index is 564. The molecule has 0 aliphatic carbocycles. The number of nitrogens with one attached hydrogen (secondary N) is 2. The molecule has 0 radical (unpaired) electrons. The zero-order chi connectivity index (χ0) is 13.8. The van der Waals surface area contributed by atoms with Gasteiger partial charge in [-0.2, -0.15) is 0 Å². The molecule has 0 aromatic carbocycles. The van der Waals surface area contributed by atoms with E-state index in [0.29, 0.717) is 0 Å². The molecule has 2 aromatic rings. The molecule has 0 aliphatic rings. The quantitative estimate of drug-likeness (QED) is 0.880. The molecule has 2 heterocycles. The fourth-order valence-corrected chi connectivity index (χ4v) is 2.53. The van der Waals surface area contributed by atoms with Crippen LogP contribution in [0.5, 0.6) is 0 Å². The van der Waals surface area contributed by atoms with Crippen LogP contribution >= 0.6 is 11.3 Å². The molecule has 19 heavy (non-hydrogen) atoms. The molecular weight excluding hydrogens is 258 g/mol. The molecule has 5 nitrogen and oxygen atoms in total. The van der Waals surface area contributed by atoms with Gasteiger partial charge in [0.05, 0.1) is 11.6 Å². The minimum atomic E-state index is 0.744. The van der Waals surface area contributed by atoms with Crippen LogP contribution in [0.4, 0.5) is 11.6 Å². The van der Waals surface area contributed by atoms with Crippen molar-refractivity contribution in [1.29, 1.82) is 0 Å². The molecule has 0 unspecified atom stereocenters. The van der Waals surface area contributed by atoms with Gasteiger partial charge in [0.1, 0.15) is 17.5 Å². The summed E-state index contributed by atoms with van der Waals surface area (Å²) in [6.45, 7) is 9.60. The SMILES string of the molecule is CCNc1nc(C)nc(NCc2cnc(C)s2)c1C. The average molecular weight is 277 g/mol. The van der Waals surface area contributed by atoms with Gasteiger partial charge in [0.2, 0.25) is 0 Å². The van der Waals surface area contributed by atoms with E-state index in [2.05, 4.69) is 32.5 Å². The second kappa shape index (κ2) is 5.97. The van der Waals surface area contributed by atoms with Crippen molar-refractivity contribution < 1.29 is 0 Å². The van der Waals surface area contributed by atoms with Crippen LogP contribution in [-0.4, -0.2) is 21.5 Å². The Labute approximate surface area is 117 Å². The number of anilines is 2. The van der Waals surface area contributed by atoms with E-state index in [1.54, 1.807) is 11.3 Å². The van der Waals surface area contributed by atoms with E-state index in [9.17, 15) is 0 Å². The maximum atomic E-state index is 4.46. The van der Waals surface area contributed by atoms with Crippen LogP contribution in [0, 0.1) is 20.8 Å². The minimum Gasteiger partial charge on any atom is -0.370 e. The molecule has 0 saturated carbocycles. The third kappa shape index (κ3) is 3.41. The summed E-state index contributed by atoms with van der Waals surface area (Å²) in [7, 11) is 0. The van der Waals surface area contributed by atoms with E-state index in [0.717, 1.165) is 41.1 Å². The van der Waals surface area contributed by atoms with E-state index >= 15 is 0 Å². The monoisotopic (exact) mass is 277 g/mol. The standard InChI is InChI=1S/C13H19N5S/c1-5-14-12-8(2)13(18-9(3)17-12)16-7-11-6-15-10(4)19-11/h6H,5,7H2,1-4H3,(H2,14,16,17,18). The summed E-state index contributed by atoms with van der Waals surface area (Å²) >= 11 is 1.70. The van der Waals surface area contributed by atoms with E-state index in [1.165, 1.54) is 4.88 Å². The van der Waals surface area contributed by atoms with Gasteiger partial charge in [-0.3, -0.25) is 0 Å². The number of hydrogen-bond donors (Lipinski definition) is 2. The number of aromatic nitrogens is 3. The predicted octanol–water partition coefficient (Wildman–Crippen LogP) is 2.90. The maximum absolute atomic E-state index is 4.46. The van der Waals surface area contributed by atoms with Crippen molar-refractivity contribution in [3.05, 3.63) is 27.5 Å². The summed E-state index contributed by atoms with van der Waals surface area (Å²) in [5, 5.41) is 7.70. The second-order valence-corrected chi connectivity index (χ2v) is 5.64. The van der Waals surface area contributed by atoms with E-state index in [1.807, 2.05) is 27.0 Å². The van der Waals surface area contributed by atoms with E-state index in [-0.39, 0.29) is 0 Å². The first-order chi connectivity index (χ1) is 9.10. The molecule has 0 aliphatic heterocycles. The summed E-state index contributed by atoms with van der Waals surface area (Å²) in [5.74, 6) is 2.55. The first kappa shape index (κ1) is 13.7. The van der Waals surface area contributed by atoms with Crippen molar-refractivity contribution in [2.45, 2.75) is 34.2 Å². The summed E-state index contributed by atoms with van der Waals surface area (Å²) in [6.07, 6.45) is 1.90. The third-order valence-corrected chi connectivity index (χ3v) is 3.61. The van der Waals surface area contributed by atoms with Crippen LogP contribution < -0.4 is 10.6 Å². The lowest BCUT2D eigenvalue weighted by Crippen LogP contribution is -2.09. The molecule has 0 spiro atoms. The van der Waals surface area contributed by atoms with Gasteiger partial charge in [-0.25, -0.2) is 15.0 Å². The van der Waals surface area contributed by atoms with Gasteiger partial charge in [-0.1, -0.05) is 0 Å². The highest BCUT2D eigenvalue weighted by Gasteiger charge is 2.08. The molecule has 0 bridgehead atoms. The van der Waals surface area contributed by atoms with Gasteiger partial charge in [0.25, 0.3) is 0 Å². The summed E-state index contributed by atoms with van der Waals surface area (Å²) in [5.41, 5.74) is 1.05. The first-order valence-corrected chi connectivity index (χ1v) is 7.16. The fraction of sp³-hybridized carbons (Fsp3) is 0.462. The Balaban J connectivity index is 2.15. The van der Waals surface area contributed by atoms with Gasteiger partial charge >= 0.3 is 0 Å². The van der Waals surface area contributed by atoms with Crippen molar-refractivity contribution in [1.82, 2.24) is 15.0 Å². The average Bonchev–Trinajstić information content (AvgIpc) is 2.78. The highest BCUT2D eigenvalue weighted by molar-refractivity contribution is 7.11. The molecule has 0 atom stereocenters. The Morgan fingerprint density at radius 1 is 1.11 bits per heavy atom. The number of nitrogens with zero attached hydrogens (tertiary/aromatic N) is 3. The van der Waals surface area contributed by atoms with Crippen LogP contribution in [0.2, 0.25) is 0 Å². The summed E-state index contributed by atoms with van der Waals surface area (Å²) in [4.78, 5) is 14.3. The van der Waals surface area contributed by atoms with Crippen molar-refractivity contribution in [2.24, 2.45) is 0 Å². The van der Waals surface area contributed by atoms with Crippen LogP contribution in [0.1, 0.15) is 28.2 Å². The molecule has 0 amide bonds. The van der Waals surface area contributed by atoms with Crippen LogP contribution in [0.25, 0.3) is 0 Å². The minimum absolute atomic E-state index is 0.744. The van der Waals surface area contributed by atoms with Gasteiger partial charge in [-0.05, 0) is 27.7 Å². The van der Waals surface area contributed by atoms with Gasteiger partial charge in [0, 0.05) is 23.2 Å². The predicted molar refractivity (Wildman–Crippen MR) is 79.8 cm³/mol. The van der Waals surface area contributed by atoms with Crippen molar-refractivity contribution in [2.75, 3.05) is 17.2 Å². The number of hydrogen-bond acceptors (Lipinski definition) is 6. The second-order valence-electron chi connectivity index (χ2n) is 4.32. The van der Waals surface area contributed by atoms with E-state index in [4.69, 9.17) is 0 Å². The molecule has 2 N–H and O–H groups in total. The number of rotatable bonds is 5. The summed E-state index contributed by atoms with van der Waals surface area (Å²) < 4.78 is 0. The van der Waals surface area contributed by atoms with Gasteiger partial charge in [0.15, 0.2) is 0 Å². The third-order valence-electron chi connectivity index (χ3n) is 2.70. The summed E-state index contributed by atoms with van der Waals surface area (Å²) in [6, 6.07) is 0. The Morgan fingerprint density at radius 2 is 1.79 bits per heavy atom. The lowest BCUT2D eigenvalue weighted by atomic mass is 10.3. The molecular formula is C13H19N5S. The van der Waals surface area contributed by atoms with Crippen molar-refractivity contribution in [3.63, 3.8) is 0 Å². The normalized spacial score (nSPS) is 10.5. The van der Waals surface area contributed by atoms with Crippen LogP contribution in [-0.2, 0) is 6.54 Å². The van der Waals surface area contributed by atoms with Crippen molar-refractivity contribution in [3.8, 4) is 0 Å². The Kier molecular flexibility index (Phi) is 4.31. The van der Waals surface area contributed by atoms with Crippen LogP contribution in [0.3, 0.4) is 0 Å². The fourth-order valence-electron chi connectivity index (χ4n) is 1.80. The van der Waals surface area contributed by atoms with Crippen LogP contribution in [0.15, 0.2) is 6.20 Å².